The molecule has 0 fully saturated rings. The Morgan fingerprint density at radius 1 is 0.622 bits per heavy atom. The molecule has 0 amide bonds. The number of benzene rings is 5. The van der Waals surface area contributed by atoms with Crippen molar-refractivity contribution in [3.05, 3.63) is 152 Å². The maximum Gasteiger partial charge on any atom is 0.178 e. The van der Waals surface area contributed by atoms with Crippen molar-refractivity contribution < 1.29 is 24.5 Å². The van der Waals surface area contributed by atoms with E-state index in [0.717, 1.165) is 66.6 Å². The van der Waals surface area contributed by atoms with Crippen molar-refractivity contribution in [2.24, 2.45) is 0 Å². The number of furan rings is 1. The fraction of sp³-hybridized carbons (Fsp3) is 0. The van der Waals surface area contributed by atoms with Crippen LogP contribution in [0, 0.1) is 12.1 Å². The van der Waals surface area contributed by atoms with Crippen molar-refractivity contribution in [3.63, 3.8) is 0 Å². The van der Waals surface area contributed by atoms with Crippen molar-refractivity contribution in [2.45, 2.75) is 0 Å². The first-order chi connectivity index (χ1) is 21.8. The summed E-state index contributed by atoms with van der Waals surface area (Å²) >= 11 is 0. The predicted molar refractivity (Wildman–Crippen MR) is 174 cm³/mol. The monoisotopic (exact) mass is 758 g/mol. The number of nitrogens with zero attached hydrogens (tertiary/aromatic N) is 5. The molecule has 4 heterocycles. The molecule has 7 heteroatoms. The fourth-order valence-electron chi connectivity index (χ4n) is 5.53. The molecule has 5 aromatic carbocycles. The second-order valence-corrected chi connectivity index (χ2v) is 10.2. The molecular weight excluding hydrogens is 735 g/mol. The maximum absolute atomic E-state index is 6.52. The molecule has 0 saturated carbocycles. The van der Waals surface area contributed by atoms with E-state index in [9.17, 15) is 0 Å². The van der Waals surface area contributed by atoms with Gasteiger partial charge in [0.1, 0.15) is 11.1 Å². The van der Waals surface area contributed by atoms with Crippen molar-refractivity contribution in [3.8, 4) is 28.3 Å². The molecule has 0 bridgehead atoms. The van der Waals surface area contributed by atoms with Gasteiger partial charge in [0.05, 0.1) is 17.6 Å². The van der Waals surface area contributed by atoms with Gasteiger partial charge in [0.25, 0.3) is 0 Å². The molecule has 6 nitrogen and oxygen atoms in total. The van der Waals surface area contributed by atoms with Gasteiger partial charge in [-0.3, -0.25) is 4.98 Å². The molecule has 217 valence electrons. The molecule has 9 aromatic rings. The zero-order chi connectivity index (χ0) is 29.3. The molecule has 0 saturated heterocycles. The minimum absolute atomic E-state index is 0. The van der Waals surface area contributed by atoms with Gasteiger partial charge >= 0.3 is 0 Å². The Morgan fingerprint density at radius 3 is 2.29 bits per heavy atom. The van der Waals surface area contributed by atoms with Crippen molar-refractivity contribution in [1.82, 2.24) is 24.7 Å². The van der Waals surface area contributed by atoms with Crippen molar-refractivity contribution in [2.75, 3.05) is 0 Å². The first-order valence-corrected chi connectivity index (χ1v) is 14.2. The van der Waals surface area contributed by atoms with E-state index in [1.807, 2.05) is 102 Å². The zero-order valence-electron chi connectivity index (χ0n) is 23.8. The van der Waals surface area contributed by atoms with Crippen LogP contribution in [0.5, 0.6) is 0 Å². The number of fused-ring (bicyclic) bond motifs is 6. The van der Waals surface area contributed by atoms with Gasteiger partial charge in [-0.05, 0) is 35.3 Å². The van der Waals surface area contributed by atoms with Crippen LogP contribution in [-0.4, -0.2) is 24.7 Å². The van der Waals surface area contributed by atoms with E-state index < -0.39 is 0 Å². The third-order valence-corrected chi connectivity index (χ3v) is 7.54. The van der Waals surface area contributed by atoms with Crippen LogP contribution in [0.2, 0.25) is 0 Å². The van der Waals surface area contributed by atoms with Gasteiger partial charge in [-0.25, -0.2) is 0 Å². The van der Waals surface area contributed by atoms with Crippen LogP contribution in [0.15, 0.2) is 144 Å². The molecule has 0 N–H and O–H groups in total. The van der Waals surface area contributed by atoms with Gasteiger partial charge < -0.3 is 14.0 Å². The number of imidazole rings is 1. The molecule has 1 radical (unpaired) electrons. The molecule has 45 heavy (non-hydrogen) atoms. The van der Waals surface area contributed by atoms with Gasteiger partial charge in [-0.2, -0.15) is 5.10 Å². The summed E-state index contributed by atoms with van der Waals surface area (Å²) in [5.41, 5.74) is 6.87. The van der Waals surface area contributed by atoms with Crippen LogP contribution < -0.4 is 0 Å². The van der Waals surface area contributed by atoms with E-state index in [2.05, 4.69) is 57.6 Å². The molecule has 0 spiro atoms. The van der Waals surface area contributed by atoms with Crippen LogP contribution in [0.3, 0.4) is 0 Å². The molecule has 4 aromatic heterocycles. The smallest absolute Gasteiger partial charge is 0.178 e. The third kappa shape index (κ3) is 5.18. The summed E-state index contributed by atoms with van der Waals surface area (Å²) < 4.78 is 8.53. The molecule has 0 atom stereocenters. The Bertz CT molecular complexity index is 2350. The number of rotatable bonds is 3. The first-order valence-electron chi connectivity index (χ1n) is 14.2. The summed E-state index contributed by atoms with van der Waals surface area (Å²) in [6.07, 6.45) is 3.45. The zero-order valence-corrected chi connectivity index (χ0v) is 26.2. The topological polar surface area (TPSA) is 69.6 Å². The Labute approximate surface area is 272 Å². The summed E-state index contributed by atoms with van der Waals surface area (Å²) in [5.74, 6) is 0.723. The fourth-order valence-corrected chi connectivity index (χ4v) is 5.53. The predicted octanol–water partition coefficient (Wildman–Crippen LogP) is 8.88. The number of aromatic nitrogens is 5. The second kappa shape index (κ2) is 12.2. The maximum atomic E-state index is 6.52. The van der Waals surface area contributed by atoms with Crippen LogP contribution >= 0.6 is 0 Å². The molecule has 0 aliphatic rings. The SMILES string of the molecule is [Ir].[c-]1ccc2c(oc3c4ccccc4ccc23)c1-c1nc2ccnnc2n1-c1ccccc1.[c-]1ccccc1-c1ccccn1. The average Bonchev–Trinajstić information content (AvgIpc) is 3.69. The second-order valence-electron chi connectivity index (χ2n) is 10.2. The summed E-state index contributed by atoms with van der Waals surface area (Å²) in [5, 5.41) is 12.8. The van der Waals surface area contributed by atoms with Crippen LogP contribution in [-0.2, 0) is 20.1 Å². The van der Waals surface area contributed by atoms with E-state index in [1.54, 1.807) is 12.4 Å². The van der Waals surface area contributed by atoms with E-state index >= 15 is 0 Å². The van der Waals surface area contributed by atoms with Crippen molar-refractivity contribution >= 4 is 43.9 Å². The van der Waals surface area contributed by atoms with E-state index in [-0.39, 0.29) is 20.1 Å². The number of pyridine rings is 1. The van der Waals surface area contributed by atoms with Gasteiger partial charge in [0, 0.05) is 42.8 Å². The van der Waals surface area contributed by atoms with Gasteiger partial charge in [-0.1, -0.05) is 77.7 Å². The van der Waals surface area contributed by atoms with Crippen molar-refractivity contribution in [1.29, 1.82) is 0 Å². The molecule has 0 unspecified atom stereocenters. The summed E-state index contributed by atoms with van der Waals surface area (Å²) in [4.78, 5) is 9.13. The quantitative estimate of drug-likeness (QED) is 0.169. The average molecular weight is 758 g/mol. The Hall–Kier alpha value is -5.49. The van der Waals surface area contributed by atoms with E-state index in [1.165, 1.54) is 0 Å². The van der Waals surface area contributed by atoms with Crippen LogP contribution in [0.25, 0.3) is 72.2 Å². The minimum Gasteiger partial charge on any atom is -0.500 e. The number of para-hydroxylation sites is 1. The van der Waals surface area contributed by atoms with E-state index in [0.29, 0.717) is 5.65 Å². The van der Waals surface area contributed by atoms with Gasteiger partial charge in [0.2, 0.25) is 0 Å². The Kier molecular flexibility index (Phi) is 7.70. The molecule has 0 aliphatic carbocycles. The summed E-state index contributed by atoms with van der Waals surface area (Å²) in [6, 6.07) is 48.6. The summed E-state index contributed by atoms with van der Waals surface area (Å²) in [7, 11) is 0. The largest absolute Gasteiger partial charge is 0.500 e. The minimum atomic E-state index is 0. The molecular formula is C38H23IrN5O-2. The normalized spacial score (nSPS) is 10.9. The molecule has 0 aliphatic heterocycles. The number of hydrogen-bond acceptors (Lipinski definition) is 5. The Morgan fingerprint density at radius 2 is 1.44 bits per heavy atom. The van der Waals surface area contributed by atoms with Crippen LogP contribution in [0.1, 0.15) is 0 Å². The third-order valence-electron chi connectivity index (χ3n) is 7.54. The molecule has 9 rings (SSSR count). The Balaban J connectivity index is 0.000000211. The van der Waals surface area contributed by atoms with Gasteiger partial charge in [0.15, 0.2) is 5.65 Å². The standard InChI is InChI=1S/C27H15N4O.C11H8N.Ir/c1-2-8-18(9-3-1)31-26(29-23-15-16-28-30-27(23)31)22-12-6-11-20-21-14-13-17-7-4-5-10-19(17)24(21)32-25(20)22;1-2-6-10(7-3-1)11-8-4-5-9-12-11;/h1-11,13-16H;1-6,8-9H;/q2*-1;. The summed E-state index contributed by atoms with van der Waals surface area (Å²) in [6.45, 7) is 0. The first kappa shape index (κ1) is 28.3. The van der Waals surface area contributed by atoms with Crippen LogP contribution in [0.4, 0.5) is 0 Å². The van der Waals surface area contributed by atoms with E-state index in [4.69, 9.17) is 9.40 Å². The number of hydrogen-bond donors (Lipinski definition) is 0. The van der Waals surface area contributed by atoms with Gasteiger partial charge in [-0.15, -0.1) is 59.2 Å².